The van der Waals surface area contributed by atoms with Crippen LogP contribution in [0.3, 0.4) is 0 Å². The highest BCUT2D eigenvalue weighted by Gasteiger charge is 2.52. The molecule has 1 spiro atoms. The van der Waals surface area contributed by atoms with E-state index in [9.17, 15) is 0 Å². The molecule has 2 rings (SSSR count). The molecule has 2 heteroatoms. The van der Waals surface area contributed by atoms with Crippen LogP contribution in [0.4, 0.5) is 0 Å². The van der Waals surface area contributed by atoms with Crippen LogP contribution in [0.25, 0.3) is 0 Å². The van der Waals surface area contributed by atoms with Gasteiger partial charge in [0.15, 0.2) is 0 Å². The van der Waals surface area contributed by atoms with E-state index in [1.54, 1.807) is 0 Å². The molecule has 0 bridgehead atoms. The van der Waals surface area contributed by atoms with E-state index in [1.807, 2.05) is 0 Å². The lowest BCUT2D eigenvalue weighted by Gasteiger charge is -2.56. The molecule has 0 amide bonds. The molecule has 1 aliphatic heterocycles. The first-order valence-electron chi connectivity index (χ1n) is 7.66. The van der Waals surface area contributed by atoms with Crippen molar-refractivity contribution in [1.29, 1.82) is 0 Å². The summed E-state index contributed by atoms with van der Waals surface area (Å²) in [4.78, 5) is 0. The van der Waals surface area contributed by atoms with Crippen molar-refractivity contribution in [2.75, 3.05) is 13.2 Å². The van der Waals surface area contributed by atoms with Gasteiger partial charge in [0.2, 0.25) is 0 Å². The van der Waals surface area contributed by atoms with Gasteiger partial charge in [0.25, 0.3) is 0 Å². The second-order valence-corrected chi connectivity index (χ2v) is 8.07. The normalized spacial score (nSPS) is 33.5. The first kappa shape index (κ1) is 14.3. The van der Waals surface area contributed by atoms with Gasteiger partial charge in [-0.3, -0.25) is 0 Å². The molecule has 18 heavy (non-hydrogen) atoms. The Morgan fingerprint density at radius 1 is 1.06 bits per heavy atom. The van der Waals surface area contributed by atoms with Gasteiger partial charge < -0.3 is 10.1 Å². The lowest BCUT2D eigenvalue weighted by Crippen LogP contribution is -2.63. The minimum Gasteiger partial charge on any atom is -0.372 e. The quantitative estimate of drug-likeness (QED) is 0.809. The third kappa shape index (κ3) is 2.91. The summed E-state index contributed by atoms with van der Waals surface area (Å²) in [5, 5.41) is 3.73. The van der Waals surface area contributed by atoms with Crippen LogP contribution >= 0.6 is 0 Å². The Bertz CT molecular complexity index is 277. The molecule has 0 aromatic carbocycles. The van der Waals surface area contributed by atoms with Gasteiger partial charge in [0.1, 0.15) is 0 Å². The van der Waals surface area contributed by atoms with Crippen LogP contribution in [-0.2, 0) is 4.74 Å². The fraction of sp³-hybridized carbons (Fsp3) is 1.00. The van der Waals surface area contributed by atoms with Gasteiger partial charge in [-0.15, -0.1) is 0 Å². The van der Waals surface area contributed by atoms with E-state index in [2.05, 4.69) is 39.9 Å². The maximum Gasteiger partial charge on any atom is 0.0845 e. The molecule has 1 atom stereocenters. The third-order valence-electron chi connectivity index (χ3n) is 4.61. The molecule has 1 unspecified atom stereocenters. The van der Waals surface area contributed by atoms with E-state index in [0.717, 1.165) is 13.2 Å². The molecule has 2 aliphatic rings. The van der Waals surface area contributed by atoms with Gasteiger partial charge in [0.05, 0.1) is 12.2 Å². The zero-order chi connectivity index (χ0) is 13.4. The van der Waals surface area contributed by atoms with Crippen molar-refractivity contribution in [3.05, 3.63) is 0 Å². The molecule has 1 N–H and O–H groups in total. The number of hydrogen-bond acceptors (Lipinski definition) is 2. The Balaban J connectivity index is 2.25. The molecule has 0 aromatic rings. The van der Waals surface area contributed by atoms with Crippen LogP contribution in [0.15, 0.2) is 0 Å². The van der Waals surface area contributed by atoms with Crippen LogP contribution in [0.1, 0.15) is 66.7 Å². The Hall–Kier alpha value is -0.0800. The van der Waals surface area contributed by atoms with E-state index < -0.39 is 0 Å². The predicted octanol–water partition coefficient (Wildman–Crippen LogP) is 3.75. The summed E-state index contributed by atoms with van der Waals surface area (Å²) in [7, 11) is 0. The summed E-state index contributed by atoms with van der Waals surface area (Å²) in [6.45, 7) is 13.8. The molecular weight excluding hydrogens is 222 g/mol. The van der Waals surface area contributed by atoms with Crippen molar-refractivity contribution in [1.82, 2.24) is 5.32 Å². The Kier molecular flexibility index (Phi) is 3.81. The van der Waals surface area contributed by atoms with E-state index in [4.69, 9.17) is 4.74 Å². The lowest BCUT2D eigenvalue weighted by atomic mass is 9.57. The molecule has 0 radical (unpaired) electrons. The SMILES string of the molecule is CCCC1NCCOC12CC(C)(C)CC(C)(C)C2. The second-order valence-electron chi connectivity index (χ2n) is 8.07. The van der Waals surface area contributed by atoms with E-state index in [0.29, 0.717) is 16.9 Å². The Morgan fingerprint density at radius 2 is 1.67 bits per heavy atom. The summed E-state index contributed by atoms with van der Waals surface area (Å²) in [6, 6.07) is 0.551. The smallest absolute Gasteiger partial charge is 0.0845 e. The van der Waals surface area contributed by atoms with Crippen molar-refractivity contribution in [2.24, 2.45) is 10.8 Å². The third-order valence-corrected chi connectivity index (χ3v) is 4.61. The second kappa shape index (κ2) is 4.79. The number of morpholine rings is 1. The maximum atomic E-state index is 6.38. The fourth-order valence-corrected chi connectivity index (χ4v) is 4.88. The number of rotatable bonds is 2. The van der Waals surface area contributed by atoms with Crippen molar-refractivity contribution in [2.45, 2.75) is 78.4 Å². The van der Waals surface area contributed by atoms with Crippen LogP contribution < -0.4 is 5.32 Å². The Labute approximate surface area is 113 Å². The average Bonchev–Trinajstić information content (AvgIpc) is 2.17. The first-order chi connectivity index (χ1) is 8.29. The molecule has 1 aliphatic carbocycles. The number of ether oxygens (including phenoxy) is 1. The van der Waals surface area contributed by atoms with Gasteiger partial charge in [-0.1, -0.05) is 41.0 Å². The lowest BCUT2D eigenvalue weighted by molar-refractivity contribution is -0.167. The summed E-state index contributed by atoms with van der Waals surface area (Å²) >= 11 is 0. The minimum atomic E-state index is 0.0828. The van der Waals surface area contributed by atoms with Crippen LogP contribution in [-0.4, -0.2) is 24.8 Å². The highest BCUT2D eigenvalue weighted by Crippen LogP contribution is 2.53. The molecule has 1 saturated heterocycles. The summed E-state index contributed by atoms with van der Waals surface area (Å²) in [5.41, 5.74) is 0.874. The van der Waals surface area contributed by atoms with Crippen molar-refractivity contribution < 1.29 is 4.74 Å². The van der Waals surface area contributed by atoms with Crippen molar-refractivity contribution in [3.63, 3.8) is 0 Å². The van der Waals surface area contributed by atoms with Gasteiger partial charge in [0, 0.05) is 12.6 Å². The molecule has 106 valence electrons. The van der Waals surface area contributed by atoms with Crippen molar-refractivity contribution >= 4 is 0 Å². The zero-order valence-electron chi connectivity index (χ0n) is 12.9. The van der Waals surface area contributed by atoms with E-state index in [-0.39, 0.29) is 5.60 Å². The predicted molar refractivity (Wildman–Crippen MR) is 76.8 cm³/mol. The summed E-state index contributed by atoms with van der Waals surface area (Å²) in [6.07, 6.45) is 6.21. The standard InChI is InChI=1S/C16H31NO/c1-6-7-13-16(18-9-8-17-13)11-14(2,3)10-15(4,5)12-16/h13,17H,6-12H2,1-5H3. The minimum absolute atomic E-state index is 0.0828. The topological polar surface area (TPSA) is 21.3 Å². The molecule has 0 aromatic heterocycles. The van der Waals surface area contributed by atoms with E-state index >= 15 is 0 Å². The monoisotopic (exact) mass is 253 g/mol. The zero-order valence-corrected chi connectivity index (χ0v) is 12.9. The van der Waals surface area contributed by atoms with Crippen molar-refractivity contribution in [3.8, 4) is 0 Å². The molecule has 1 heterocycles. The van der Waals surface area contributed by atoms with Gasteiger partial charge in [-0.05, 0) is 36.5 Å². The largest absolute Gasteiger partial charge is 0.372 e. The first-order valence-corrected chi connectivity index (χ1v) is 7.66. The highest BCUT2D eigenvalue weighted by molar-refractivity contribution is 5.06. The highest BCUT2D eigenvalue weighted by atomic mass is 16.5. The number of hydrogen-bond donors (Lipinski definition) is 1. The molecule has 2 fully saturated rings. The molecule has 1 saturated carbocycles. The van der Waals surface area contributed by atoms with Crippen LogP contribution in [0.5, 0.6) is 0 Å². The summed E-state index contributed by atoms with van der Waals surface area (Å²) in [5.74, 6) is 0. The van der Waals surface area contributed by atoms with Gasteiger partial charge in [-0.2, -0.15) is 0 Å². The molecule has 2 nitrogen and oxygen atoms in total. The Morgan fingerprint density at radius 3 is 2.22 bits per heavy atom. The maximum absolute atomic E-state index is 6.38. The summed E-state index contributed by atoms with van der Waals surface area (Å²) < 4.78 is 6.38. The fourth-order valence-electron chi connectivity index (χ4n) is 4.88. The average molecular weight is 253 g/mol. The van der Waals surface area contributed by atoms with Gasteiger partial charge >= 0.3 is 0 Å². The molecular formula is C16H31NO. The van der Waals surface area contributed by atoms with E-state index in [1.165, 1.54) is 32.1 Å². The van der Waals surface area contributed by atoms with Crippen LogP contribution in [0.2, 0.25) is 0 Å². The number of nitrogens with one attached hydrogen (secondary N) is 1. The van der Waals surface area contributed by atoms with Crippen LogP contribution in [0, 0.1) is 10.8 Å². The van der Waals surface area contributed by atoms with Gasteiger partial charge in [-0.25, -0.2) is 0 Å².